The van der Waals surface area contributed by atoms with E-state index in [9.17, 15) is 4.79 Å². The lowest BCUT2D eigenvalue weighted by atomic mass is 9.95. The Morgan fingerprint density at radius 2 is 2.00 bits per heavy atom. The van der Waals surface area contributed by atoms with E-state index in [-0.39, 0.29) is 5.91 Å². The van der Waals surface area contributed by atoms with Gasteiger partial charge in [-0.05, 0) is 54.4 Å². The Balaban J connectivity index is 1.51. The number of halogens is 2. The summed E-state index contributed by atoms with van der Waals surface area (Å²) in [4.78, 5) is 17.3. The quantitative estimate of drug-likeness (QED) is 0.602. The lowest BCUT2D eigenvalue weighted by molar-refractivity contribution is -0.115. The Morgan fingerprint density at radius 1 is 1.19 bits per heavy atom. The van der Waals surface area contributed by atoms with Gasteiger partial charge in [-0.25, -0.2) is 4.99 Å². The van der Waals surface area contributed by atoms with Gasteiger partial charge in [-0.15, -0.1) is 0 Å². The second kappa shape index (κ2) is 8.13. The maximum atomic E-state index is 12.3. The summed E-state index contributed by atoms with van der Waals surface area (Å²) in [6.07, 6.45) is 12.5. The summed E-state index contributed by atoms with van der Waals surface area (Å²) in [5, 5.41) is 4.10. The van der Waals surface area contributed by atoms with Crippen molar-refractivity contribution in [3.8, 4) is 0 Å². The highest BCUT2D eigenvalue weighted by Crippen LogP contribution is 2.35. The molecule has 1 saturated carbocycles. The SMILES string of the molecule is O=C1NC(=Nc2cccc(Cl)c2Cl)S/C1=C/c1ccn(C2CCCCC2)c1. The van der Waals surface area contributed by atoms with Crippen molar-refractivity contribution in [3.63, 3.8) is 0 Å². The highest BCUT2D eigenvalue weighted by atomic mass is 35.5. The summed E-state index contributed by atoms with van der Waals surface area (Å²) in [5.74, 6) is -0.151. The normalized spacial score (nSPS) is 21.2. The molecule has 1 amide bonds. The number of aromatic nitrogens is 1. The third-order valence-corrected chi connectivity index (χ3v) is 6.55. The molecule has 1 aliphatic carbocycles. The zero-order chi connectivity index (χ0) is 18.8. The van der Waals surface area contributed by atoms with Crippen molar-refractivity contribution < 1.29 is 4.79 Å². The lowest BCUT2D eigenvalue weighted by Gasteiger charge is -2.23. The van der Waals surface area contributed by atoms with Crippen molar-refractivity contribution in [2.75, 3.05) is 0 Å². The fourth-order valence-corrected chi connectivity index (χ4v) is 4.61. The van der Waals surface area contributed by atoms with E-state index in [4.69, 9.17) is 23.2 Å². The van der Waals surface area contributed by atoms with Crippen LogP contribution in [0.1, 0.15) is 43.7 Å². The molecule has 2 fully saturated rings. The largest absolute Gasteiger partial charge is 0.351 e. The average Bonchev–Trinajstić information content (AvgIpc) is 3.27. The summed E-state index contributed by atoms with van der Waals surface area (Å²) in [7, 11) is 0. The van der Waals surface area contributed by atoms with E-state index in [1.807, 2.05) is 6.08 Å². The van der Waals surface area contributed by atoms with Crippen LogP contribution in [0.15, 0.2) is 46.6 Å². The summed E-state index contributed by atoms with van der Waals surface area (Å²) in [6.45, 7) is 0. The fraction of sp³-hybridized carbons (Fsp3) is 0.300. The lowest BCUT2D eigenvalue weighted by Crippen LogP contribution is -2.19. The number of carbonyl (C=O) groups excluding carboxylic acids is 1. The van der Waals surface area contributed by atoms with Gasteiger partial charge in [0.05, 0.1) is 20.6 Å². The molecule has 0 unspecified atom stereocenters. The Morgan fingerprint density at radius 3 is 2.81 bits per heavy atom. The second-order valence-electron chi connectivity index (χ2n) is 6.74. The summed E-state index contributed by atoms with van der Waals surface area (Å²) in [6, 6.07) is 7.88. The van der Waals surface area contributed by atoms with Crippen LogP contribution < -0.4 is 5.32 Å². The molecule has 7 heteroatoms. The molecular weight excluding hydrogens is 401 g/mol. The van der Waals surface area contributed by atoms with Gasteiger partial charge in [-0.1, -0.05) is 48.5 Å². The first kappa shape index (κ1) is 18.7. The molecule has 1 aromatic heterocycles. The van der Waals surface area contributed by atoms with Crippen LogP contribution in [-0.2, 0) is 4.79 Å². The molecule has 1 N–H and O–H groups in total. The molecule has 2 aromatic rings. The van der Waals surface area contributed by atoms with Crippen LogP contribution in [0, 0.1) is 0 Å². The number of amides is 1. The molecule has 2 aliphatic rings. The van der Waals surface area contributed by atoms with E-state index in [1.165, 1.54) is 43.9 Å². The van der Waals surface area contributed by atoms with Crippen molar-refractivity contribution >= 4 is 57.8 Å². The van der Waals surface area contributed by atoms with Crippen molar-refractivity contribution in [1.82, 2.24) is 9.88 Å². The number of nitrogens with one attached hydrogen (secondary N) is 1. The van der Waals surface area contributed by atoms with Gasteiger partial charge >= 0.3 is 0 Å². The molecule has 140 valence electrons. The average molecular weight is 420 g/mol. The Kier molecular flexibility index (Phi) is 5.62. The number of hydrogen-bond acceptors (Lipinski definition) is 3. The van der Waals surface area contributed by atoms with Gasteiger partial charge in [-0.2, -0.15) is 0 Å². The summed E-state index contributed by atoms with van der Waals surface area (Å²) < 4.78 is 2.28. The minimum absolute atomic E-state index is 0.151. The minimum Gasteiger partial charge on any atom is -0.351 e. The van der Waals surface area contributed by atoms with Crippen molar-refractivity contribution in [2.45, 2.75) is 38.1 Å². The maximum absolute atomic E-state index is 12.3. The first-order chi connectivity index (χ1) is 13.1. The van der Waals surface area contributed by atoms with Crippen molar-refractivity contribution in [1.29, 1.82) is 0 Å². The fourth-order valence-electron chi connectivity index (χ4n) is 3.44. The molecule has 0 atom stereocenters. The number of carbonyl (C=O) groups is 1. The molecule has 1 saturated heterocycles. The zero-order valence-electron chi connectivity index (χ0n) is 14.6. The number of amidine groups is 1. The van der Waals surface area contributed by atoms with Gasteiger partial charge in [0, 0.05) is 18.4 Å². The van der Waals surface area contributed by atoms with Gasteiger partial charge in [0.1, 0.15) is 0 Å². The van der Waals surface area contributed by atoms with Gasteiger partial charge in [0.2, 0.25) is 0 Å². The van der Waals surface area contributed by atoms with E-state index < -0.39 is 0 Å². The predicted octanol–water partition coefficient (Wildman–Crippen LogP) is 6.19. The summed E-state index contributed by atoms with van der Waals surface area (Å²) in [5.41, 5.74) is 1.57. The molecule has 0 bridgehead atoms. The number of aliphatic imine (C=N–C) groups is 1. The molecule has 0 radical (unpaired) electrons. The van der Waals surface area contributed by atoms with E-state index in [2.05, 4.69) is 33.3 Å². The molecule has 27 heavy (non-hydrogen) atoms. The molecule has 2 heterocycles. The van der Waals surface area contributed by atoms with E-state index in [0.29, 0.717) is 31.8 Å². The van der Waals surface area contributed by atoms with Gasteiger partial charge in [0.15, 0.2) is 5.17 Å². The van der Waals surface area contributed by atoms with Crippen molar-refractivity contribution in [3.05, 3.63) is 57.2 Å². The first-order valence-corrected chi connectivity index (χ1v) is 10.6. The first-order valence-electron chi connectivity index (χ1n) is 9.01. The van der Waals surface area contributed by atoms with E-state index in [1.54, 1.807) is 18.2 Å². The van der Waals surface area contributed by atoms with Crippen molar-refractivity contribution in [2.24, 2.45) is 4.99 Å². The summed E-state index contributed by atoms with van der Waals surface area (Å²) >= 11 is 13.5. The molecule has 4 nitrogen and oxygen atoms in total. The van der Waals surface area contributed by atoms with Crippen LogP contribution in [0.2, 0.25) is 10.0 Å². The standard InChI is InChI=1S/C20H19Cl2N3OS/c21-15-7-4-8-16(18(15)22)23-20-24-19(26)17(27-20)11-13-9-10-25(12-13)14-5-2-1-3-6-14/h4,7-12,14H,1-3,5-6H2,(H,23,24,26)/b17-11+. The smallest absolute Gasteiger partial charge is 0.264 e. The predicted molar refractivity (Wildman–Crippen MR) is 114 cm³/mol. The van der Waals surface area contributed by atoms with Crippen LogP contribution in [0.25, 0.3) is 6.08 Å². The van der Waals surface area contributed by atoms with Crippen LogP contribution in [-0.4, -0.2) is 15.6 Å². The van der Waals surface area contributed by atoms with Gasteiger partial charge in [-0.3, -0.25) is 4.79 Å². The number of nitrogens with zero attached hydrogens (tertiary/aromatic N) is 2. The van der Waals surface area contributed by atoms with Gasteiger partial charge in [0.25, 0.3) is 5.91 Å². The third kappa shape index (κ3) is 4.26. The Hall–Kier alpha value is -1.69. The Labute approximate surface area is 172 Å². The molecule has 0 spiro atoms. The van der Waals surface area contributed by atoms with Crippen LogP contribution >= 0.6 is 35.0 Å². The number of hydrogen-bond donors (Lipinski definition) is 1. The highest BCUT2D eigenvalue weighted by molar-refractivity contribution is 8.18. The van der Waals surface area contributed by atoms with Crippen LogP contribution in [0.3, 0.4) is 0 Å². The maximum Gasteiger partial charge on any atom is 0.264 e. The molecule has 1 aliphatic heterocycles. The van der Waals surface area contributed by atoms with Crippen LogP contribution in [0.4, 0.5) is 5.69 Å². The second-order valence-corrected chi connectivity index (χ2v) is 8.55. The van der Waals surface area contributed by atoms with Crippen LogP contribution in [0.5, 0.6) is 0 Å². The number of benzene rings is 1. The number of thioether (sulfide) groups is 1. The monoisotopic (exact) mass is 419 g/mol. The van der Waals surface area contributed by atoms with Gasteiger partial charge < -0.3 is 9.88 Å². The number of rotatable bonds is 3. The van der Waals surface area contributed by atoms with E-state index >= 15 is 0 Å². The minimum atomic E-state index is -0.151. The molecule has 1 aromatic carbocycles. The topological polar surface area (TPSA) is 46.4 Å². The zero-order valence-corrected chi connectivity index (χ0v) is 16.9. The highest BCUT2D eigenvalue weighted by Gasteiger charge is 2.24. The van der Waals surface area contributed by atoms with E-state index in [0.717, 1.165) is 5.56 Å². The molecule has 4 rings (SSSR count). The third-order valence-electron chi connectivity index (χ3n) is 4.84. The Bertz CT molecular complexity index is 929. The molecular formula is C20H19Cl2N3OS.